The Labute approximate surface area is 121 Å². The molecule has 1 aromatic carbocycles. The van der Waals surface area contributed by atoms with Crippen molar-refractivity contribution >= 4 is 23.4 Å². The van der Waals surface area contributed by atoms with Crippen LogP contribution in [0.15, 0.2) is 23.1 Å². The second kappa shape index (κ2) is 6.71. The Balaban J connectivity index is 2.05. The van der Waals surface area contributed by atoms with Gasteiger partial charge in [-0.15, -0.1) is 11.8 Å². The van der Waals surface area contributed by atoms with Gasteiger partial charge in [0, 0.05) is 24.8 Å². The standard InChI is InChI=1S/C13H16N2O4S/c1-20-12-5-4-9(7-11(12)15(17)18)13(16)14-8-10-3-2-6-19-10/h4-5,7,10H,2-3,6,8H2,1H3,(H,14,16). The summed E-state index contributed by atoms with van der Waals surface area (Å²) in [5, 5.41) is 13.7. The smallest absolute Gasteiger partial charge is 0.283 e. The summed E-state index contributed by atoms with van der Waals surface area (Å²) < 4.78 is 5.41. The van der Waals surface area contributed by atoms with Gasteiger partial charge in [-0.25, -0.2) is 0 Å². The molecule has 108 valence electrons. The first-order chi connectivity index (χ1) is 9.61. The van der Waals surface area contributed by atoms with Crippen molar-refractivity contribution in [1.82, 2.24) is 5.32 Å². The summed E-state index contributed by atoms with van der Waals surface area (Å²) >= 11 is 1.28. The van der Waals surface area contributed by atoms with Crippen LogP contribution in [0.25, 0.3) is 0 Å². The highest BCUT2D eigenvalue weighted by molar-refractivity contribution is 7.98. The molecule has 1 aromatic rings. The second-order valence-electron chi connectivity index (χ2n) is 4.49. The van der Waals surface area contributed by atoms with E-state index in [9.17, 15) is 14.9 Å². The summed E-state index contributed by atoms with van der Waals surface area (Å²) in [4.78, 5) is 23.0. The molecule has 0 aliphatic carbocycles. The lowest BCUT2D eigenvalue weighted by Gasteiger charge is -2.11. The van der Waals surface area contributed by atoms with Crippen molar-refractivity contribution in [3.8, 4) is 0 Å². The largest absolute Gasteiger partial charge is 0.376 e. The SMILES string of the molecule is CSc1ccc(C(=O)NCC2CCCO2)cc1[N+](=O)[O-]. The zero-order chi connectivity index (χ0) is 14.5. The third-order valence-corrected chi connectivity index (χ3v) is 3.94. The molecule has 0 aromatic heterocycles. The molecule has 6 nitrogen and oxygen atoms in total. The minimum Gasteiger partial charge on any atom is -0.376 e. The molecule has 20 heavy (non-hydrogen) atoms. The zero-order valence-electron chi connectivity index (χ0n) is 11.1. The number of nitro benzene ring substituents is 1. The summed E-state index contributed by atoms with van der Waals surface area (Å²) in [6, 6.07) is 4.52. The highest BCUT2D eigenvalue weighted by Gasteiger charge is 2.19. The van der Waals surface area contributed by atoms with Crippen LogP contribution in [0.3, 0.4) is 0 Å². The molecule has 0 saturated carbocycles. The molecule has 1 amide bonds. The van der Waals surface area contributed by atoms with Crippen molar-refractivity contribution in [2.75, 3.05) is 19.4 Å². The fourth-order valence-corrected chi connectivity index (χ4v) is 2.63. The lowest BCUT2D eigenvalue weighted by molar-refractivity contribution is -0.387. The van der Waals surface area contributed by atoms with Gasteiger partial charge in [0.1, 0.15) is 0 Å². The number of hydrogen-bond donors (Lipinski definition) is 1. The maximum Gasteiger partial charge on any atom is 0.283 e. The summed E-state index contributed by atoms with van der Waals surface area (Å²) in [6.45, 7) is 1.17. The maximum atomic E-state index is 12.0. The number of hydrogen-bond acceptors (Lipinski definition) is 5. The molecule has 0 spiro atoms. The number of ether oxygens (including phenoxy) is 1. The number of nitrogens with one attached hydrogen (secondary N) is 1. The highest BCUT2D eigenvalue weighted by atomic mass is 32.2. The summed E-state index contributed by atoms with van der Waals surface area (Å²) in [5.41, 5.74) is 0.259. The molecule has 1 heterocycles. The highest BCUT2D eigenvalue weighted by Crippen LogP contribution is 2.28. The number of thioether (sulfide) groups is 1. The molecule has 1 fully saturated rings. The Kier molecular flexibility index (Phi) is 4.97. The molecule has 1 N–H and O–H groups in total. The van der Waals surface area contributed by atoms with E-state index in [1.807, 2.05) is 0 Å². The lowest BCUT2D eigenvalue weighted by atomic mass is 10.2. The number of rotatable bonds is 5. The van der Waals surface area contributed by atoms with Crippen LogP contribution in [-0.4, -0.2) is 36.3 Å². The van der Waals surface area contributed by atoms with E-state index < -0.39 is 4.92 Å². The quantitative estimate of drug-likeness (QED) is 0.512. The van der Waals surface area contributed by atoms with E-state index in [1.165, 1.54) is 17.8 Å². The summed E-state index contributed by atoms with van der Waals surface area (Å²) in [7, 11) is 0. The van der Waals surface area contributed by atoms with Crippen LogP contribution in [-0.2, 0) is 4.74 Å². The van der Waals surface area contributed by atoms with Crippen molar-refractivity contribution < 1.29 is 14.5 Å². The number of nitro groups is 1. The van der Waals surface area contributed by atoms with Gasteiger partial charge in [0.25, 0.3) is 11.6 Å². The van der Waals surface area contributed by atoms with Crippen molar-refractivity contribution in [2.24, 2.45) is 0 Å². The molecule has 0 radical (unpaired) electrons. The van der Waals surface area contributed by atoms with E-state index in [0.29, 0.717) is 17.0 Å². The van der Waals surface area contributed by atoms with E-state index in [4.69, 9.17) is 4.74 Å². The van der Waals surface area contributed by atoms with Gasteiger partial charge >= 0.3 is 0 Å². The van der Waals surface area contributed by atoms with Crippen molar-refractivity contribution in [3.63, 3.8) is 0 Å². The van der Waals surface area contributed by atoms with Gasteiger partial charge in [-0.2, -0.15) is 0 Å². The average molecular weight is 296 g/mol. The Morgan fingerprint density at radius 2 is 2.40 bits per heavy atom. The van der Waals surface area contributed by atoms with Crippen LogP contribution in [0.1, 0.15) is 23.2 Å². The van der Waals surface area contributed by atoms with E-state index >= 15 is 0 Å². The number of amides is 1. The van der Waals surface area contributed by atoms with Gasteiger partial charge in [0.15, 0.2) is 0 Å². The molecular formula is C13H16N2O4S. The van der Waals surface area contributed by atoms with Crippen molar-refractivity contribution in [2.45, 2.75) is 23.8 Å². The molecule has 7 heteroatoms. The Morgan fingerprint density at radius 1 is 1.60 bits per heavy atom. The third-order valence-electron chi connectivity index (χ3n) is 3.15. The van der Waals surface area contributed by atoms with Gasteiger partial charge in [-0.1, -0.05) is 0 Å². The van der Waals surface area contributed by atoms with Crippen molar-refractivity contribution in [3.05, 3.63) is 33.9 Å². The predicted molar refractivity (Wildman–Crippen MR) is 76.2 cm³/mol. The van der Waals surface area contributed by atoms with Gasteiger partial charge < -0.3 is 10.1 Å². The number of nitrogens with zero attached hydrogens (tertiary/aromatic N) is 1. The van der Waals surface area contributed by atoms with Crippen LogP contribution in [0, 0.1) is 10.1 Å². The third kappa shape index (κ3) is 3.49. The van der Waals surface area contributed by atoms with Crippen LogP contribution in [0.2, 0.25) is 0 Å². The molecule has 0 bridgehead atoms. The van der Waals surface area contributed by atoms with Crippen LogP contribution in [0.4, 0.5) is 5.69 Å². The first-order valence-electron chi connectivity index (χ1n) is 6.34. The molecule has 1 saturated heterocycles. The van der Waals surface area contributed by atoms with Crippen LogP contribution in [0.5, 0.6) is 0 Å². The second-order valence-corrected chi connectivity index (χ2v) is 5.34. The minimum absolute atomic E-state index is 0.0396. The Morgan fingerprint density at radius 3 is 3.00 bits per heavy atom. The molecule has 1 atom stereocenters. The Bertz CT molecular complexity index is 515. The van der Waals surface area contributed by atoms with Crippen molar-refractivity contribution in [1.29, 1.82) is 0 Å². The number of carbonyl (C=O) groups is 1. The number of benzene rings is 1. The lowest BCUT2D eigenvalue weighted by Crippen LogP contribution is -2.31. The summed E-state index contributed by atoms with van der Waals surface area (Å²) in [6.07, 6.45) is 3.76. The van der Waals surface area contributed by atoms with E-state index in [1.54, 1.807) is 18.4 Å². The Hall–Kier alpha value is -1.60. The first kappa shape index (κ1) is 14.8. The van der Waals surface area contributed by atoms with E-state index in [-0.39, 0.29) is 17.7 Å². The summed E-state index contributed by atoms with van der Waals surface area (Å²) in [5.74, 6) is -0.309. The molecule has 1 aliphatic rings. The minimum atomic E-state index is -0.470. The topological polar surface area (TPSA) is 81.5 Å². The van der Waals surface area contributed by atoms with Gasteiger partial charge in [0.05, 0.1) is 15.9 Å². The van der Waals surface area contributed by atoms with Gasteiger partial charge in [0.2, 0.25) is 0 Å². The van der Waals surface area contributed by atoms with Gasteiger partial charge in [-0.3, -0.25) is 14.9 Å². The van der Waals surface area contributed by atoms with Crippen LogP contribution < -0.4 is 5.32 Å². The molecule has 2 rings (SSSR count). The molecule has 1 unspecified atom stereocenters. The van der Waals surface area contributed by atoms with Crippen LogP contribution >= 0.6 is 11.8 Å². The first-order valence-corrected chi connectivity index (χ1v) is 7.56. The van der Waals surface area contributed by atoms with E-state index in [0.717, 1.165) is 19.4 Å². The fraction of sp³-hybridized carbons (Fsp3) is 0.462. The number of carbonyl (C=O) groups excluding carboxylic acids is 1. The molecular weight excluding hydrogens is 280 g/mol. The zero-order valence-corrected chi connectivity index (χ0v) is 11.9. The fourth-order valence-electron chi connectivity index (χ4n) is 2.09. The maximum absolute atomic E-state index is 12.0. The monoisotopic (exact) mass is 296 g/mol. The molecule has 1 aliphatic heterocycles. The predicted octanol–water partition coefficient (Wildman–Crippen LogP) is 2.23. The average Bonchev–Trinajstić information content (AvgIpc) is 2.97. The van der Waals surface area contributed by atoms with Gasteiger partial charge in [-0.05, 0) is 31.2 Å². The van der Waals surface area contributed by atoms with E-state index in [2.05, 4.69) is 5.32 Å². The normalized spacial score (nSPS) is 17.9.